The third-order valence-electron chi connectivity index (χ3n) is 6.56. The molecule has 1 amide bonds. The third kappa shape index (κ3) is 36.3. The monoisotopic (exact) mass is 506 g/mol. The zero-order chi connectivity index (χ0) is 25.0. The first-order valence-electron chi connectivity index (χ1n) is 14.6. The van der Waals surface area contributed by atoms with Gasteiger partial charge in [0, 0.05) is 6.42 Å². The summed E-state index contributed by atoms with van der Waals surface area (Å²) >= 11 is 0. The summed E-state index contributed by atoms with van der Waals surface area (Å²) in [6, 6.07) is 0. The highest BCUT2D eigenvalue weighted by Gasteiger charge is 2.10. The normalized spacial score (nSPS) is 11.0. The van der Waals surface area contributed by atoms with Crippen molar-refractivity contribution in [2.24, 2.45) is 5.73 Å². The van der Waals surface area contributed by atoms with E-state index in [4.69, 9.17) is 10.8 Å². The first kappa shape index (κ1) is 38.2. The van der Waals surface area contributed by atoms with Gasteiger partial charge in [-0.15, -0.1) is 0 Å². The van der Waals surface area contributed by atoms with Gasteiger partial charge in [0.15, 0.2) is 0 Å². The van der Waals surface area contributed by atoms with Crippen molar-refractivity contribution in [2.45, 2.75) is 149 Å². The van der Waals surface area contributed by atoms with E-state index in [9.17, 15) is 4.79 Å². The number of carbonyl (C=O) groups is 1. The third-order valence-corrected chi connectivity index (χ3v) is 6.56. The molecule has 0 aliphatic carbocycles. The average molecular weight is 507 g/mol. The highest BCUT2D eigenvalue weighted by Crippen LogP contribution is 2.14. The number of rotatable bonds is 24. The molecule has 0 radical (unpaired) electrons. The number of carbonyl (C=O) groups excluding carboxylic acids is 1. The van der Waals surface area contributed by atoms with Gasteiger partial charge in [-0.05, 0) is 12.8 Å². The highest BCUT2D eigenvalue weighted by molar-refractivity contribution is 5.73. The minimum Gasteiger partial charge on any atom is -1.00 e. The minimum absolute atomic E-state index is 0. The second-order valence-electron chi connectivity index (χ2n) is 10.7. The van der Waals surface area contributed by atoms with Crippen LogP contribution < -0.4 is 18.1 Å². The Balaban J connectivity index is -0.000000812. The molecular weight excluding hydrogens is 444 g/mol. The van der Waals surface area contributed by atoms with Crippen LogP contribution in [0.4, 0.5) is 0 Å². The second kappa shape index (κ2) is 30.7. The number of nitrogens with zero attached hydrogens (tertiary/aromatic N) is 1. The van der Waals surface area contributed by atoms with E-state index in [2.05, 4.69) is 27.9 Å². The maximum atomic E-state index is 10.6. The summed E-state index contributed by atoms with van der Waals surface area (Å²) in [5.74, 6) is -0.151. The standard InChI is InChI=1S/C22H45NO.C7H18NO.ClH/c1-2-3-4-5-6-7-8-9-10-11-12-13-14-15-16-17-18-19-20-21-22(23)24;1-4-5-8(2,3)6-7-9;/h2-21H2,1H3,(H2,23,24);9H,4-7H2,1-3H3;1H/q;+1;/p-1. The van der Waals surface area contributed by atoms with Crippen molar-refractivity contribution in [3.8, 4) is 0 Å². The lowest BCUT2D eigenvalue weighted by molar-refractivity contribution is -0.890. The molecule has 0 bridgehead atoms. The van der Waals surface area contributed by atoms with Crippen molar-refractivity contribution in [1.29, 1.82) is 0 Å². The van der Waals surface area contributed by atoms with Gasteiger partial charge in [-0.1, -0.05) is 129 Å². The molecule has 0 aromatic carbocycles. The van der Waals surface area contributed by atoms with Gasteiger partial charge in [0.05, 0.1) is 27.2 Å². The van der Waals surface area contributed by atoms with E-state index < -0.39 is 0 Å². The van der Waals surface area contributed by atoms with E-state index in [1.54, 1.807) is 0 Å². The molecule has 0 heterocycles. The first-order chi connectivity index (χ1) is 15.9. The highest BCUT2D eigenvalue weighted by atomic mass is 35.5. The summed E-state index contributed by atoms with van der Waals surface area (Å²) in [6.07, 6.45) is 28.0. The molecule has 0 atom stereocenters. The summed E-state index contributed by atoms with van der Waals surface area (Å²) in [7, 11) is 4.28. The predicted octanol–water partition coefficient (Wildman–Crippen LogP) is 4.76. The molecule has 0 saturated heterocycles. The summed E-state index contributed by atoms with van der Waals surface area (Å²) in [6.45, 7) is 6.77. The Bertz CT molecular complexity index is 384. The van der Waals surface area contributed by atoms with Crippen LogP contribution in [-0.4, -0.2) is 49.3 Å². The summed E-state index contributed by atoms with van der Waals surface area (Å²) in [4.78, 5) is 10.6. The molecule has 4 nitrogen and oxygen atoms in total. The number of quaternary nitrogens is 1. The summed E-state index contributed by atoms with van der Waals surface area (Å²) < 4.78 is 0.938. The predicted molar refractivity (Wildman–Crippen MR) is 146 cm³/mol. The summed E-state index contributed by atoms with van der Waals surface area (Å²) in [5.41, 5.74) is 5.13. The SMILES string of the molecule is CCCCCCCCCCCCCCCCCCCCCC(N)=O.CCC[N+](C)(C)CCO.[Cl-]. The van der Waals surface area contributed by atoms with Crippen LogP contribution in [-0.2, 0) is 4.79 Å². The zero-order valence-corrected chi connectivity index (χ0v) is 24.5. The van der Waals surface area contributed by atoms with Crippen molar-refractivity contribution in [2.75, 3.05) is 33.8 Å². The van der Waals surface area contributed by atoms with Crippen LogP contribution >= 0.6 is 0 Å². The van der Waals surface area contributed by atoms with Crippen molar-refractivity contribution in [3.63, 3.8) is 0 Å². The molecule has 0 saturated carbocycles. The molecule has 0 aliphatic rings. The molecule has 0 spiro atoms. The Kier molecular flexibility index (Phi) is 34.5. The van der Waals surface area contributed by atoms with Gasteiger partial charge in [-0.3, -0.25) is 4.79 Å². The minimum atomic E-state index is -0.151. The van der Waals surface area contributed by atoms with Crippen molar-refractivity contribution >= 4 is 5.91 Å². The number of amides is 1. The number of unbranched alkanes of at least 4 members (excludes halogenated alkanes) is 18. The number of halogens is 1. The Labute approximate surface area is 220 Å². The molecule has 0 aliphatic heterocycles. The molecule has 5 heteroatoms. The Morgan fingerprint density at radius 1 is 0.588 bits per heavy atom. The van der Waals surface area contributed by atoms with Crippen LogP contribution in [0.3, 0.4) is 0 Å². The van der Waals surface area contributed by atoms with Crippen LogP contribution in [0.15, 0.2) is 0 Å². The number of nitrogens with two attached hydrogens (primary N) is 1. The maximum absolute atomic E-state index is 10.6. The molecule has 3 N–H and O–H groups in total. The number of likely N-dealkylation sites (N-methyl/N-ethyl adjacent to an activating group) is 1. The van der Waals surface area contributed by atoms with Crippen molar-refractivity contribution in [1.82, 2.24) is 0 Å². The van der Waals surface area contributed by atoms with Gasteiger partial charge in [-0.2, -0.15) is 0 Å². The topological polar surface area (TPSA) is 63.3 Å². The molecule has 0 rings (SSSR count). The van der Waals surface area contributed by atoms with E-state index >= 15 is 0 Å². The van der Waals surface area contributed by atoms with Crippen molar-refractivity contribution in [3.05, 3.63) is 0 Å². The number of aliphatic hydroxyl groups excluding tert-OH is 1. The van der Waals surface area contributed by atoms with Crippen LogP contribution in [0.2, 0.25) is 0 Å². The van der Waals surface area contributed by atoms with Gasteiger partial charge >= 0.3 is 0 Å². The number of primary amides is 1. The van der Waals surface area contributed by atoms with E-state index in [0.717, 1.165) is 24.0 Å². The summed E-state index contributed by atoms with van der Waals surface area (Å²) in [5, 5.41) is 8.61. The maximum Gasteiger partial charge on any atom is 0.217 e. The molecule has 0 fully saturated rings. The average Bonchev–Trinajstić information content (AvgIpc) is 2.75. The van der Waals surface area contributed by atoms with E-state index in [-0.39, 0.29) is 18.3 Å². The zero-order valence-electron chi connectivity index (χ0n) is 23.7. The first-order valence-corrected chi connectivity index (χ1v) is 14.6. The second-order valence-corrected chi connectivity index (χ2v) is 10.7. The van der Waals surface area contributed by atoms with E-state index in [0.29, 0.717) is 13.0 Å². The molecule has 0 unspecified atom stereocenters. The quantitative estimate of drug-likeness (QED) is 0.146. The van der Waals surface area contributed by atoms with Gasteiger partial charge in [0.2, 0.25) is 5.91 Å². The molecule has 208 valence electrons. The fraction of sp³-hybridized carbons (Fsp3) is 0.966. The fourth-order valence-electron chi connectivity index (χ4n) is 4.37. The van der Waals surface area contributed by atoms with Gasteiger partial charge < -0.3 is 27.7 Å². The lowest BCUT2D eigenvalue weighted by atomic mass is 10.0. The lowest BCUT2D eigenvalue weighted by Gasteiger charge is -2.28. The van der Waals surface area contributed by atoms with Crippen LogP contribution in [0, 0.1) is 0 Å². The fourth-order valence-corrected chi connectivity index (χ4v) is 4.37. The Morgan fingerprint density at radius 3 is 1.18 bits per heavy atom. The van der Waals surface area contributed by atoms with Gasteiger partial charge in [0.25, 0.3) is 0 Å². The molecule has 34 heavy (non-hydrogen) atoms. The van der Waals surface area contributed by atoms with Crippen molar-refractivity contribution < 1.29 is 26.8 Å². The van der Waals surface area contributed by atoms with Gasteiger partial charge in [-0.25, -0.2) is 0 Å². The molecule has 0 aromatic heterocycles. The smallest absolute Gasteiger partial charge is 0.217 e. The molecule has 0 aromatic rings. The number of aliphatic hydroxyl groups is 1. The molecular formula is C29H63ClN2O2. The van der Waals surface area contributed by atoms with E-state index in [1.807, 2.05) is 0 Å². The largest absolute Gasteiger partial charge is 1.00 e. The number of hydrogen-bond acceptors (Lipinski definition) is 2. The Hall–Kier alpha value is -0.320. The van der Waals surface area contributed by atoms with E-state index in [1.165, 1.54) is 122 Å². The Morgan fingerprint density at radius 2 is 0.912 bits per heavy atom. The number of hydrogen-bond donors (Lipinski definition) is 2. The van der Waals surface area contributed by atoms with Crippen LogP contribution in [0.25, 0.3) is 0 Å². The van der Waals surface area contributed by atoms with Crippen LogP contribution in [0.5, 0.6) is 0 Å². The van der Waals surface area contributed by atoms with Gasteiger partial charge in [0.1, 0.15) is 6.54 Å². The van der Waals surface area contributed by atoms with Crippen LogP contribution in [0.1, 0.15) is 149 Å². The lowest BCUT2D eigenvalue weighted by Crippen LogP contribution is -3.00.